The molecule has 0 radical (unpaired) electrons. The molecule has 2 aromatic rings. The Hall–Kier alpha value is -2.03. The van der Waals surface area contributed by atoms with Crippen LogP contribution in [0.25, 0.3) is 0 Å². The van der Waals surface area contributed by atoms with Crippen molar-refractivity contribution in [3.05, 3.63) is 54.6 Å². The smallest absolute Gasteiger partial charge is 0.150 e. The van der Waals surface area contributed by atoms with E-state index in [-0.39, 0.29) is 6.67 Å². The van der Waals surface area contributed by atoms with Gasteiger partial charge in [0.2, 0.25) is 0 Å². The van der Waals surface area contributed by atoms with Gasteiger partial charge in [-0.2, -0.15) is 0 Å². The van der Waals surface area contributed by atoms with Crippen LogP contribution in [0.1, 0.15) is 6.42 Å². The van der Waals surface area contributed by atoms with Crippen molar-refractivity contribution in [2.75, 3.05) is 18.5 Å². The number of ether oxygens (including phenoxy) is 1. The number of para-hydroxylation sites is 3. The molecule has 0 bridgehead atoms. The van der Waals surface area contributed by atoms with Crippen LogP contribution in [0.2, 0.25) is 0 Å². The minimum absolute atomic E-state index is 0.311. The van der Waals surface area contributed by atoms with E-state index >= 15 is 0 Å². The molecule has 3 heteroatoms. The Morgan fingerprint density at radius 3 is 2.44 bits per heavy atom. The van der Waals surface area contributed by atoms with E-state index in [1.807, 2.05) is 54.6 Å². The zero-order valence-corrected chi connectivity index (χ0v) is 10.1. The fraction of sp³-hybridized carbons (Fsp3) is 0.200. The second-order valence-corrected chi connectivity index (χ2v) is 3.88. The normalized spacial score (nSPS) is 10.1. The highest BCUT2D eigenvalue weighted by atomic mass is 19.1. The number of benzene rings is 2. The molecule has 0 heterocycles. The number of halogens is 1. The number of rotatable bonds is 6. The van der Waals surface area contributed by atoms with E-state index in [1.165, 1.54) is 0 Å². The predicted molar refractivity (Wildman–Crippen MR) is 72.0 cm³/mol. The molecule has 0 atom stereocenters. The Morgan fingerprint density at radius 2 is 1.67 bits per heavy atom. The minimum atomic E-state index is -0.311. The Labute approximate surface area is 106 Å². The molecule has 0 amide bonds. The van der Waals surface area contributed by atoms with E-state index in [0.29, 0.717) is 13.0 Å². The number of hydrogen-bond donors (Lipinski definition) is 1. The van der Waals surface area contributed by atoms with Crippen molar-refractivity contribution in [1.82, 2.24) is 0 Å². The molecule has 94 valence electrons. The van der Waals surface area contributed by atoms with E-state index < -0.39 is 0 Å². The van der Waals surface area contributed by atoms with Crippen LogP contribution in [0.5, 0.6) is 11.5 Å². The van der Waals surface area contributed by atoms with Gasteiger partial charge in [-0.3, -0.25) is 4.39 Å². The summed E-state index contributed by atoms with van der Waals surface area (Å²) in [6.07, 6.45) is 0.500. The summed E-state index contributed by atoms with van der Waals surface area (Å²) >= 11 is 0. The number of hydrogen-bond acceptors (Lipinski definition) is 2. The maximum atomic E-state index is 12.1. The molecule has 0 fully saturated rings. The van der Waals surface area contributed by atoms with Gasteiger partial charge in [0.05, 0.1) is 12.4 Å². The van der Waals surface area contributed by atoms with E-state index in [2.05, 4.69) is 5.32 Å². The molecule has 0 unspecified atom stereocenters. The SMILES string of the molecule is FCCCNc1ccccc1Oc1ccccc1. The zero-order valence-electron chi connectivity index (χ0n) is 10.1. The van der Waals surface area contributed by atoms with E-state index in [0.717, 1.165) is 17.2 Å². The number of alkyl halides is 1. The monoisotopic (exact) mass is 245 g/mol. The average molecular weight is 245 g/mol. The van der Waals surface area contributed by atoms with Crippen molar-refractivity contribution in [3.63, 3.8) is 0 Å². The lowest BCUT2D eigenvalue weighted by Crippen LogP contribution is -2.03. The van der Waals surface area contributed by atoms with E-state index in [4.69, 9.17) is 4.74 Å². The molecule has 2 nitrogen and oxygen atoms in total. The fourth-order valence-corrected chi connectivity index (χ4v) is 1.61. The van der Waals surface area contributed by atoms with Crippen LogP contribution in [0, 0.1) is 0 Å². The molecule has 2 rings (SSSR count). The molecule has 0 aromatic heterocycles. The Balaban J connectivity index is 2.07. The summed E-state index contributed by atoms with van der Waals surface area (Å²) in [7, 11) is 0. The maximum Gasteiger partial charge on any atom is 0.150 e. The van der Waals surface area contributed by atoms with Crippen LogP contribution in [-0.2, 0) is 0 Å². The molecular formula is C15H16FNO. The summed E-state index contributed by atoms with van der Waals surface area (Å²) in [5.74, 6) is 1.54. The molecular weight excluding hydrogens is 229 g/mol. The van der Waals surface area contributed by atoms with Crippen molar-refractivity contribution in [2.24, 2.45) is 0 Å². The third-order valence-electron chi connectivity index (χ3n) is 2.48. The lowest BCUT2D eigenvalue weighted by molar-refractivity contribution is 0.476. The topological polar surface area (TPSA) is 21.3 Å². The fourth-order valence-electron chi connectivity index (χ4n) is 1.61. The Kier molecular flexibility index (Phi) is 4.59. The molecule has 2 aromatic carbocycles. The van der Waals surface area contributed by atoms with Gasteiger partial charge < -0.3 is 10.1 Å². The highest BCUT2D eigenvalue weighted by Gasteiger charge is 2.03. The predicted octanol–water partition coefficient (Wildman–Crippen LogP) is 4.25. The van der Waals surface area contributed by atoms with Gasteiger partial charge in [0.25, 0.3) is 0 Å². The lowest BCUT2D eigenvalue weighted by Gasteiger charge is -2.12. The molecule has 0 saturated carbocycles. The minimum Gasteiger partial charge on any atom is -0.455 e. The molecule has 0 aliphatic rings. The van der Waals surface area contributed by atoms with Crippen molar-refractivity contribution in [1.29, 1.82) is 0 Å². The second-order valence-electron chi connectivity index (χ2n) is 3.88. The summed E-state index contributed by atoms with van der Waals surface area (Å²) in [5.41, 5.74) is 0.884. The summed E-state index contributed by atoms with van der Waals surface area (Å²) in [6.45, 7) is 0.292. The van der Waals surface area contributed by atoms with Crippen molar-refractivity contribution >= 4 is 5.69 Å². The van der Waals surface area contributed by atoms with E-state index in [1.54, 1.807) is 0 Å². The highest BCUT2D eigenvalue weighted by molar-refractivity contribution is 5.57. The van der Waals surface area contributed by atoms with Crippen LogP contribution in [0.15, 0.2) is 54.6 Å². The quantitative estimate of drug-likeness (QED) is 0.768. The molecule has 0 aliphatic heterocycles. The van der Waals surface area contributed by atoms with Gasteiger partial charge in [-0.15, -0.1) is 0 Å². The molecule has 0 aliphatic carbocycles. The van der Waals surface area contributed by atoms with Gasteiger partial charge in [-0.1, -0.05) is 30.3 Å². The third kappa shape index (κ3) is 3.48. The molecule has 0 saturated heterocycles. The van der Waals surface area contributed by atoms with Crippen LogP contribution in [-0.4, -0.2) is 13.2 Å². The number of anilines is 1. The standard InChI is InChI=1S/C15H16FNO/c16-11-6-12-17-14-9-4-5-10-15(14)18-13-7-2-1-3-8-13/h1-5,7-10,17H,6,11-12H2. The zero-order chi connectivity index (χ0) is 12.6. The summed E-state index contributed by atoms with van der Waals surface area (Å²) in [6, 6.07) is 17.3. The molecule has 1 N–H and O–H groups in total. The largest absolute Gasteiger partial charge is 0.455 e. The van der Waals surface area contributed by atoms with Gasteiger partial charge in [-0.25, -0.2) is 0 Å². The Morgan fingerprint density at radius 1 is 0.944 bits per heavy atom. The first-order valence-corrected chi connectivity index (χ1v) is 6.02. The number of nitrogens with one attached hydrogen (secondary N) is 1. The van der Waals surface area contributed by atoms with Crippen LogP contribution in [0.4, 0.5) is 10.1 Å². The maximum absolute atomic E-state index is 12.1. The van der Waals surface area contributed by atoms with Gasteiger partial charge >= 0.3 is 0 Å². The van der Waals surface area contributed by atoms with Gasteiger partial charge in [0.15, 0.2) is 5.75 Å². The van der Waals surface area contributed by atoms with Gasteiger partial charge in [-0.05, 0) is 30.7 Å². The van der Waals surface area contributed by atoms with E-state index in [9.17, 15) is 4.39 Å². The van der Waals surface area contributed by atoms with Crippen LogP contribution >= 0.6 is 0 Å². The summed E-state index contributed by atoms with van der Waals surface area (Å²) in [4.78, 5) is 0. The molecule has 0 spiro atoms. The van der Waals surface area contributed by atoms with Crippen molar-refractivity contribution < 1.29 is 9.13 Å². The van der Waals surface area contributed by atoms with Crippen molar-refractivity contribution in [2.45, 2.75) is 6.42 Å². The second kappa shape index (κ2) is 6.64. The third-order valence-corrected chi connectivity index (χ3v) is 2.48. The van der Waals surface area contributed by atoms with Crippen LogP contribution in [0.3, 0.4) is 0 Å². The van der Waals surface area contributed by atoms with Gasteiger partial charge in [0.1, 0.15) is 5.75 Å². The highest BCUT2D eigenvalue weighted by Crippen LogP contribution is 2.28. The van der Waals surface area contributed by atoms with Crippen molar-refractivity contribution in [3.8, 4) is 11.5 Å². The molecule has 18 heavy (non-hydrogen) atoms. The van der Waals surface area contributed by atoms with Crippen LogP contribution < -0.4 is 10.1 Å². The first kappa shape index (κ1) is 12.4. The Bertz CT molecular complexity index is 473. The summed E-state index contributed by atoms with van der Waals surface area (Å²) < 4.78 is 17.9. The lowest BCUT2D eigenvalue weighted by atomic mass is 10.2. The van der Waals surface area contributed by atoms with Gasteiger partial charge in [0, 0.05) is 6.54 Å². The first-order chi connectivity index (χ1) is 8.90. The summed E-state index contributed by atoms with van der Waals surface area (Å²) in [5, 5.41) is 3.17. The first-order valence-electron chi connectivity index (χ1n) is 6.02. The average Bonchev–Trinajstić information content (AvgIpc) is 2.42.